The highest BCUT2D eigenvalue weighted by Gasteiger charge is 2.44. The molecule has 0 N–H and O–H groups in total. The van der Waals surface area contributed by atoms with Crippen LogP contribution >= 0.6 is 0 Å². The minimum absolute atomic E-state index is 0.0563. The number of carbonyl (C=O) groups is 2. The molecule has 2 bridgehead atoms. The molecule has 5 heteroatoms. The second-order valence-corrected chi connectivity index (χ2v) is 8.80. The van der Waals surface area contributed by atoms with E-state index in [1.54, 1.807) is 12.1 Å². The molecule has 0 aromatic heterocycles. The van der Waals surface area contributed by atoms with Crippen molar-refractivity contribution >= 4 is 11.9 Å². The highest BCUT2D eigenvalue weighted by atomic mass is 16.6. The molecule has 0 radical (unpaired) electrons. The normalized spacial score (nSPS) is 24.9. The van der Waals surface area contributed by atoms with Crippen molar-refractivity contribution in [1.29, 1.82) is 5.26 Å². The van der Waals surface area contributed by atoms with E-state index in [1.165, 1.54) is 0 Å². The number of fused-ring (bicyclic) bond motifs is 2. The molecule has 0 spiro atoms. The number of nitrogens with zero attached hydrogens (tertiary/aromatic N) is 2. The fourth-order valence-corrected chi connectivity index (χ4v) is 4.39. The predicted octanol–water partition coefficient (Wildman–Crippen LogP) is 4.62. The van der Waals surface area contributed by atoms with Gasteiger partial charge in [0.25, 0.3) is 0 Å². The Morgan fingerprint density at radius 1 is 1.19 bits per heavy atom. The van der Waals surface area contributed by atoms with Crippen molar-refractivity contribution in [1.82, 2.24) is 4.90 Å². The van der Waals surface area contributed by atoms with Crippen LogP contribution in [0.25, 0.3) is 0 Å². The highest BCUT2D eigenvalue weighted by molar-refractivity contribution is 5.99. The van der Waals surface area contributed by atoms with Gasteiger partial charge < -0.3 is 9.64 Å². The number of aryl methyl sites for hydroxylation is 1. The zero-order valence-electron chi connectivity index (χ0n) is 16.6. The summed E-state index contributed by atoms with van der Waals surface area (Å²) in [6.45, 7) is 7.54. The van der Waals surface area contributed by atoms with E-state index in [9.17, 15) is 9.59 Å². The minimum Gasteiger partial charge on any atom is -0.444 e. The van der Waals surface area contributed by atoms with Crippen molar-refractivity contribution in [3.05, 3.63) is 34.9 Å². The average Bonchev–Trinajstić information content (AvgIpc) is 2.59. The molecule has 144 valence electrons. The first-order chi connectivity index (χ1) is 12.7. The van der Waals surface area contributed by atoms with E-state index in [0.717, 1.165) is 24.8 Å². The van der Waals surface area contributed by atoms with Gasteiger partial charge in [0, 0.05) is 23.6 Å². The zero-order chi connectivity index (χ0) is 19.8. The van der Waals surface area contributed by atoms with Crippen LogP contribution in [-0.4, -0.2) is 34.5 Å². The summed E-state index contributed by atoms with van der Waals surface area (Å²) in [7, 11) is 0. The topological polar surface area (TPSA) is 70.4 Å². The lowest BCUT2D eigenvalue weighted by atomic mass is 9.75. The van der Waals surface area contributed by atoms with Crippen molar-refractivity contribution in [3.63, 3.8) is 0 Å². The summed E-state index contributed by atoms with van der Waals surface area (Å²) in [5.74, 6) is -0.00281. The lowest BCUT2D eigenvalue weighted by Gasteiger charge is -2.48. The van der Waals surface area contributed by atoms with Gasteiger partial charge >= 0.3 is 6.09 Å². The van der Waals surface area contributed by atoms with Crippen LogP contribution in [0.2, 0.25) is 0 Å². The molecular formula is C22H28N2O3. The number of hydrogen-bond acceptors (Lipinski definition) is 4. The number of piperidine rings is 2. The minimum atomic E-state index is -0.521. The SMILES string of the molecule is Cc1ccc(C#N)cc1C(=O)C1CC2CCCC(C1)N2C(=O)OC(C)(C)C. The van der Waals surface area contributed by atoms with Crippen molar-refractivity contribution in [2.24, 2.45) is 5.92 Å². The van der Waals surface area contributed by atoms with Crippen LogP contribution in [0.3, 0.4) is 0 Å². The van der Waals surface area contributed by atoms with Crippen LogP contribution in [0.4, 0.5) is 4.79 Å². The van der Waals surface area contributed by atoms with Gasteiger partial charge in [-0.15, -0.1) is 0 Å². The summed E-state index contributed by atoms with van der Waals surface area (Å²) >= 11 is 0. The summed E-state index contributed by atoms with van der Waals surface area (Å²) in [4.78, 5) is 27.8. The summed E-state index contributed by atoms with van der Waals surface area (Å²) < 4.78 is 5.61. The number of nitriles is 1. The maximum Gasteiger partial charge on any atom is 0.410 e. The monoisotopic (exact) mass is 368 g/mol. The fraction of sp³-hybridized carbons (Fsp3) is 0.591. The molecule has 2 fully saturated rings. The van der Waals surface area contributed by atoms with Crippen LogP contribution in [0, 0.1) is 24.2 Å². The van der Waals surface area contributed by atoms with E-state index in [4.69, 9.17) is 10.00 Å². The Labute approximate surface area is 161 Å². The third-order valence-corrected chi connectivity index (χ3v) is 5.58. The Morgan fingerprint density at radius 3 is 2.37 bits per heavy atom. The van der Waals surface area contributed by atoms with E-state index in [1.807, 2.05) is 38.7 Å². The van der Waals surface area contributed by atoms with Crippen LogP contribution in [0.1, 0.15) is 74.4 Å². The predicted molar refractivity (Wildman–Crippen MR) is 102 cm³/mol. The molecule has 5 nitrogen and oxygen atoms in total. The number of amides is 1. The zero-order valence-corrected chi connectivity index (χ0v) is 16.6. The number of ketones is 1. The maximum atomic E-state index is 13.2. The molecule has 3 rings (SSSR count). The van der Waals surface area contributed by atoms with Crippen LogP contribution in [0.15, 0.2) is 18.2 Å². The molecule has 27 heavy (non-hydrogen) atoms. The Kier molecular flexibility index (Phi) is 5.28. The third kappa shape index (κ3) is 4.16. The molecule has 1 amide bonds. The van der Waals surface area contributed by atoms with Crippen LogP contribution < -0.4 is 0 Å². The van der Waals surface area contributed by atoms with Gasteiger partial charge in [-0.05, 0) is 77.5 Å². The first kappa shape index (κ1) is 19.4. The standard InChI is InChI=1S/C22H28N2O3/c1-14-8-9-15(13-23)10-19(14)20(25)16-11-17-6-5-7-18(12-16)24(17)21(26)27-22(2,3)4/h8-10,16-18H,5-7,11-12H2,1-4H3. The molecule has 0 saturated carbocycles. The lowest BCUT2D eigenvalue weighted by Crippen LogP contribution is -2.56. The molecule has 1 aromatic rings. The summed E-state index contributed by atoms with van der Waals surface area (Å²) in [5.41, 5.74) is 1.53. The van der Waals surface area contributed by atoms with E-state index in [0.29, 0.717) is 24.0 Å². The van der Waals surface area contributed by atoms with Gasteiger partial charge in [-0.2, -0.15) is 5.26 Å². The van der Waals surface area contributed by atoms with Crippen molar-refractivity contribution < 1.29 is 14.3 Å². The maximum absolute atomic E-state index is 13.2. The van der Waals surface area contributed by atoms with E-state index in [2.05, 4.69) is 6.07 Å². The van der Waals surface area contributed by atoms with E-state index < -0.39 is 5.60 Å². The quantitative estimate of drug-likeness (QED) is 0.714. The van der Waals surface area contributed by atoms with E-state index in [-0.39, 0.29) is 29.9 Å². The third-order valence-electron chi connectivity index (χ3n) is 5.58. The van der Waals surface area contributed by atoms with Crippen LogP contribution in [-0.2, 0) is 4.74 Å². The van der Waals surface area contributed by atoms with Crippen molar-refractivity contribution in [2.45, 2.75) is 77.5 Å². The average molecular weight is 368 g/mol. The molecule has 2 aliphatic rings. The van der Waals surface area contributed by atoms with Crippen LogP contribution in [0.5, 0.6) is 0 Å². The Hall–Kier alpha value is -2.35. The second-order valence-electron chi connectivity index (χ2n) is 8.80. The van der Waals surface area contributed by atoms with Gasteiger partial charge in [-0.3, -0.25) is 4.79 Å². The number of Topliss-reactive ketones (excluding diaryl/α,β-unsaturated/α-hetero) is 1. The largest absolute Gasteiger partial charge is 0.444 e. The summed E-state index contributed by atoms with van der Waals surface area (Å²) in [6, 6.07) is 7.51. The molecule has 1 aromatic carbocycles. The number of carbonyl (C=O) groups excluding carboxylic acids is 2. The van der Waals surface area contributed by atoms with Crippen molar-refractivity contribution in [2.75, 3.05) is 0 Å². The van der Waals surface area contributed by atoms with Gasteiger partial charge in [0.15, 0.2) is 5.78 Å². The van der Waals surface area contributed by atoms with Gasteiger partial charge in [0.2, 0.25) is 0 Å². The number of rotatable bonds is 2. The molecule has 2 heterocycles. The van der Waals surface area contributed by atoms with E-state index >= 15 is 0 Å². The molecular weight excluding hydrogens is 340 g/mol. The number of benzene rings is 1. The van der Waals surface area contributed by atoms with Crippen molar-refractivity contribution in [3.8, 4) is 6.07 Å². The first-order valence-electron chi connectivity index (χ1n) is 9.76. The Balaban J connectivity index is 1.80. The number of ether oxygens (including phenoxy) is 1. The smallest absolute Gasteiger partial charge is 0.410 e. The lowest BCUT2D eigenvalue weighted by molar-refractivity contribution is -0.0260. The van der Waals surface area contributed by atoms with Gasteiger partial charge in [0.1, 0.15) is 5.60 Å². The molecule has 2 unspecified atom stereocenters. The molecule has 2 atom stereocenters. The molecule has 2 saturated heterocycles. The first-order valence-corrected chi connectivity index (χ1v) is 9.76. The fourth-order valence-electron chi connectivity index (χ4n) is 4.39. The Bertz CT molecular complexity index is 774. The molecule has 2 aliphatic heterocycles. The summed E-state index contributed by atoms with van der Waals surface area (Å²) in [5, 5.41) is 9.15. The Morgan fingerprint density at radius 2 is 1.81 bits per heavy atom. The van der Waals surface area contributed by atoms with Gasteiger partial charge in [-0.1, -0.05) is 6.07 Å². The second kappa shape index (κ2) is 7.34. The highest BCUT2D eigenvalue weighted by Crippen LogP contribution is 2.39. The van der Waals surface area contributed by atoms with Gasteiger partial charge in [0.05, 0.1) is 11.6 Å². The number of hydrogen-bond donors (Lipinski definition) is 0. The summed E-state index contributed by atoms with van der Waals surface area (Å²) in [6.07, 6.45) is 3.99. The molecule has 0 aliphatic carbocycles. The van der Waals surface area contributed by atoms with Gasteiger partial charge in [-0.25, -0.2) is 4.79 Å².